The van der Waals surface area contributed by atoms with Crippen LogP contribution in [0.3, 0.4) is 0 Å². The smallest absolute Gasteiger partial charge is 0.182 e. The number of ketones is 1. The van der Waals surface area contributed by atoms with Crippen LogP contribution in [0.25, 0.3) is 5.57 Å². The van der Waals surface area contributed by atoms with Gasteiger partial charge in [-0.1, -0.05) is 6.07 Å². The van der Waals surface area contributed by atoms with E-state index in [1.165, 1.54) is 24.3 Å². The van der Waals surface area contributed by atoms with Crippen molar-refractivity contribution in [2.24, 2.45) is 0 Å². The summed E-state index contributed by atoms with van der Waals surface area (Å²) in [6, 6.07) is 7.13. The predicted molar refractivity (Wildman–Crippen MR) is 74.6 cm³/mol. The molecule has 2 aromatic rings. The second-order valence-corrected chi connectivity index (χ2v) is 4.98. The molecule has 0 spiro atoms. The van der Waals surface area contributed by atoms with Crippen LogP contribution in [0.2, 0.25) is 0 Å². The number of aliphatic hydroxyl groups is 1. The molecule has 3 rings (SSSR count). The highest BCUT2D eigenvalue weighted by Crippen LogP contribution is 2.47. The summed E-state index contributed by atoms with van der Waals surface area (Å²) in [4.78, 5) is 12.3. The van der Waals surface area contributed by atoms with Crippen LogP contribution in [-0.2, 0) is 4.79 Å². The molecule has 1 aliphatic rings. The number of benzene rings is 2. The van der Waals surface area contributed by atoms with Crippen molar-refractivity contribution in [1.29, 1.82) is 0 Å². The SMILES string of the molecule is O=C1C(c2ccc(O)cc2O)=C(O)C1c1ccc(O)cc1[O-]. The lowest BCUT2D eigenvalue weighted by atomic mass is 9.74. The summed E-state index contributed by atoms with van der Waals surface area (Å²) in [5.74, 6) is -3.24. The summed E-state index contributed by atoms with van der Waals surface area (Å²) >= 11 is 0. The normalized spacial score (nSPS) is 17.5. The van der Waals surface area contributed by atoms with Gasteiger partial charge < -0.3 is 25.5 Å². The molecule has 0 radical (unpaired) electrons. The van der Waals surface area contributed by atoms with Gasteiger partial charge >= 0.3 is 0 Å². The Balaban J connectivity index is 2.06. The quantitative estimate of drug-likeness (QED) is 0.667. The molecule has 0 amide bonds. The topological polar surface area (TPSA) is 121 Å². The number of rotatable bonds is 2. The number of carbonyl (C=O) groups is 1. The third kappa shape index (κ3) is 1.93. The number of phenolic OH excluding ortho intramolecular Hbond substituents is 3. The minimum absolute atomic E-state index is 0.0577. The van der Waals surface area contributed by atoms with E-state index in [-0.39, 0.29) is 39.7 Å². The lowest BCUT2D eigenvalue weighted by molar-refractivity contribution is -0.269. The Bertz CT molecular complexity index is 821. The van der Waals surface area contributed by atoms with Gasteiger partial charge in [0.1, 0.15) is 28.9 Å². The number of aliphatic hydroxyl groups excluding tert-OH is 1. The summed E-state index contributed by atoms with van der Waals surface area (Å²) < 4.78 is 0. The first kappa shape index (κ1) is 13.8. The highest BCUT2D eigenvalue weighted by Gasteiger charge is 2.42. The van der Waals surface area contributed by atoms with Crippen molar-refractivity contribution >= 4 is 11.4 Å². The van der Waals surface area contributed by atoms with Crippen molar-refractivity contribution in [1.82, 2.24) is 0 Å². The molecule has 22 heavy (non-hydrogen) atoms. The molecule has 0 saturated heterocycles. The van der Waals surface area contributed by atoms with Crippen LogP contribution in [0.4, 0.5) is 0 Å². The maximum absolute atomic E-state index is 12.3. The van der Waals surface area contributed by atoms with Gasteiger partial charge in [0.05, 0.1) is 5.57 Å². The summed E-state index contributed by atoms with van der Waals surface area (Å²) in [5, 5.41) is 50.1. The molecule has 112 valence electrons. The van der Waals surface area contributed by atoms with E-state index in [9.17, 15) is 30.3 Å². The molecular formula is C16H11O6-. The van der Waals surface area contributed by atoms with Crippen LogP contribution in [0, 0.1) is 0 Å². The minimum Gasteiger partial charge on any atom is -0.872 e. The summed E-state index contributed by atoms with van der Waals surface area (Å²) in [6.07, 6.45) is 0. The van der Waals surface area contributed by atoms with Gasteiger partial charge in [-0.25, -0.2) is 0 Å². The van der Waals surface area contributed by atoms with Gasteiger partial charge in [0, 0.05) is 11.6 Å². The lowest BCUT2D eigenvalue weighted by Crippen LogP contribution is -2.29. The number of carbonyl (C=O) groups excluding carboxylic acids is 1. The molecule has 0 saturated carbocycles. The Morgan fingerprint density at radius 2 is 1.55 bits per heavy atom. The average Bonchev–Trinajstić information content (AvgIpc) is 2.45. The minimum atomic E-state index is -1.10. The van der Waals surface area contributed by atoms with Gasteiger partial charge in [-0.3, -0.25) is 4.79 Å². The fourth-order valence-electron chi connectivity index (χ4n) is 2.51. The Kier molecular flexibility index (Phi) is 2.95. The zero-order valence-electron chi connectivity index (χ0n) is 11.1. The Labute approximate surface area is 124 Å². The molecule has 0 heterocycles. The van der Waals surface area contributed by atoms with Crippen molar-refractivity contribution in [2.75, 3.05) is 0 Å². The molecule has 0 bridgehead atoms. The van der Waals surface area contributed by atoms with Crippen LogP contribution in [-0.4, -0.2) is 26.2 Å². The second kappa shape index (κ2) is 4.70. The van der Waals surface area contributed by atoms with E-state index >= 15 is 0 Å². The molecule has 4 N–H and O–H groups in total. The summed E-state index contributed by atoms with van der Waals surface area (Å²) in [7, 11) is 0. The number of allylic oxidation sites excluding steroid dienone is 2. The molecule has 6 heteroatoms. The molecule has 1 aliphatic carbocycles. The van der Waals surface area contributed by atoms with E-state index in [4.69, 9.17) is 0 Å². The van der Waals surface area contributed by atoms with Crippen molar-refractivity contribution in [3.63, 3.8) is 0 Å². The number of hydrogen-bond acceptors (Lipinski definition) is 6. The van der Waals surface area contributed by atoms with E-state index in [2.05, 4.69) is 0 Å². The van der Waals surface area contributed by atoms with E-state index in [0.717, 1.165) is 12.1 Å². The maximum Gasteiger partial charge on any atom is 0.182 e. The van der Waals surface area contributed by atoms with Crippen LogP contribution in [0.5, 0.6) is 23.0 Å². The molecule has 1 atom stereocenters. The first-order valence-corrected chi connectivity index (χ1v) is 6.39. The highest BCUT2D eigenvalue weighted by molar-refractivity contribution is 6.32. The number of hydrogen-bond donors (Lipinski definition) is 4. The van der Waals surface area contributed by atoms with Gasteiger partial charge in [-0.15, -0.1) is 5.75 Å². The van der Waals surface area contributed by atoms with Crippen molar-refractivity contribution in [3.05, 3.63) is 53.3 Å². The summed E-state index contributed by atoms with van der Waals surface area (Å²) in [5.41, 5.74) is 0.0556. The molecule has 0 aliphatic heterocycles. The van der Waals surface area contributed by atoms with Crippen molar-refractivity contribution in [2.45, 2.75) is 5.92 Å². The zero-order valence-corrected chi connectivity index (χ0v) is 11.1. The van der Waals surface area contributed by atoms with E-state index < -0.39 is 17.5 Å². The first-order valence-electron chi connectivity index (χ1n) is 6.39. The molecular weight excluding hydrogens is 288 g/mol. The predicted octanol–water partition coefficient (Wildman–Crippen LogP) is 1.51. The fourth-order valence-corrected chi connectivity index (χ4v) is 2.51. The van der Waals surface area contributed by atoms with Crippen LogP contribution >= 0.6 is 0 Å². The standard InChI is InChI=1S/C16H12O6/c17-7-1-3-9(11(19)5-7)13-15(21)14(16(13)22)10-4-2-8(18)6-12(10)20/h1-6,13,17-21H/p-1. The number of aromatic hydroxyl groups is 3. The van der Waals surface area contributed by atoms with Crippen LogP contribution in [0.15, 0.2) is 42.2 Å². The van der Waals surface area contributed by atoms with E-state index in [1.807, 2.05) is 0 Å². The van der Waals surface area contributed by atoms with Crippen molar-refractivity contribution in [3.8, 4) is 23.0 Å². The highest BCUT2D eigenvalue weighted by atomic mass is 16.3. The van der Waals surface area contributed by atoms with Crippen molar-refractivity contribution < 1.29 is 30.3 Å². The monoisotopic (exact) mass is 299 g/mol. The van der Waals surface area contributed by atoms with E-state index in [1.54, 1.807) is 0 Å². The Hall–Kier alpha value is -3.15. The third-order valence-corrected chi connectivity index (χ3v) is 3.60. The lowest BCUT2D eigenvalue weighted by Gasteiger charge is -2.31. The van der Waals surface area contributed by atoms with Crippen LogP contribution in [0.1, 0.15) is 17.0 Å². The maximum atomic E-state index is 12.3. The molecule has 6 nitrogen and oxygen atoms in total. The number of phenols is 3. The molecule has 0 fully saturated rings. The first-order chi connectivity index (χ1) is 10.4. The molecule has 1 unspecified atom stereocenters. The van der Waals surface area contributed by atoms with Gasteiger partial charge in [-0.05, 0) is 29.8 Å². The van der Waals surface area contributed by atoms with Gasteiger partial charge in [0.15, 0.2) is 5.78 Å². The third-order valence-electron chi connectivity index (χ3n) is 3.60. The number of Topliss-reactive ketones (excluding diaryl/α,β-unsaturated/α-hetero) is 1. The molecule has 2 aromatic carbocycles. The van der Waals surface area contributed by atoms with Gasteiger partial charge in [0.25, 0.3) is 0 Å². The van der Waals surface area contributed by atoms with Gasteiger partial charge in [0.2, 0.25) is 0 Å². The molecule has 0 aromatic heterocycles. The Morgan fingerprint density at radius 3 is 2.14 bits per heavy atom. The summed E-state index contributed by atoms with van der Waals surface area (Å²) in [6.45, 7) is 0. The second-order valence-electron chi connectivity index (χ2n) is 4.98. The van der Waals surface area contributed by atoms with E-state index in [0.29, 0.717) is 0 Å². The largest absolute Gasteiger partial charge is 0.872 e. The Morgan fingerprint density at radius 1 is 0.909 bits per heavy atom. The zero-order chi connectivity index (χ0) is 16.0. The fraction of sp³-hybridized carbons (Fsp3) is 0.0625. The average molecular weight is 299 g/mol. The van der Waals surface area contributed by atoms with Gasteiger partial charge in [-0.2, -0.15) is 0 Å². The van der Waals surface area contributed by atoms with Crippen LogP contribution < -0.4 is 5.11 Å².